The Labute approximate surface area is 133 Å². The van der Waals surface area contributed by atoms with Crippen LogP contribution in [-0.4, -0.2) is 36.1 Å². The van der Waals surface area contributed by atoms with Gasteiger partial charge in [0.15, 0.2) is 23.0 Å². The minimum absolute atomic E-state index is 0.0102. The lowest BCUT2D eigenvalue weighted by Crippen LogP contribution is -2.20. The maximum absolute atomic E-state index is 10.1. The molecule has 1 aliphatic rings. The Morgan fingerprint density at radius 2 is 1.70 bits per heavy atom. The van der Waals surface area contributed by atoms with Crippen molar-refractivity contribution in [1.82, 2.24) is 0 Å². The number of aromatic hydroxyl groups is 3. The summed E-state index contributed by atoms with van der Waals surface area (Å²) in [6.45, 7) is 0.314. The second-order valence-corrected chi connectivity index (χ2v) is 5.40. The second-order valence-electron chi connectivity index (χ2n) is 5.40. The molecule has 3 rings (SSSR count). The van der Waals surface area contributed by atoms with Crippen LogP contribution in [0.25, 0.3) is 0 Å². The molecule has 0 spiro atoms. The monoisotopic (exact) mass is 318 g/mol. The van der Waals surface area contributed by atoms with Crippen LogP contribution in [0.5, 0.6) is 34.5 Å². The summed E-state index contributed by atoms with van der Waals surface area (Å²) in [5.74, 6) is 0.745. The summed E-state index contributed by atoms with van der Waals surface area (Å²) in [6.07, 6.45) is 0.605. The fraction of sp³-hybridized carbons (Fsp3) is 0.294. The number of ether oxygens (including phenoxy) is 3. The smallest absolute Gasteiger partial charge is 0.201 e. The number of phenols is 3. The number of hydrogen-bond donors (Lipinski definition) is 3. The predicted octanol–water partition coefficient (Wildman–Crippen LogP) is 2.54. The summed E-state index contributed by atoms with van der Waals surface area (Å²) in [6, 6.07) is 6.39. The quantitative estimate of drug-likeness (QED) is 0.754. The zero-order valence-corrected chi connectivity index (χ0v) is 12.9. The SMILES string of the molecule is COc1cc(O)c(O)cc1C1COc2c(ccc(OC)c2O)C1. The maximum Gasteiger partial charge on any atom is 0.201 e. The Hall–Kier alpha value is -2.76. The van der Waals surface area contributed by atoms with E-state index < -0.39 is 0 Å². The first-order valence-corrected chi connectivity index (χ1v) is 7.16. The average Bonchev–Trinajstić information content (AvgIpc) is 2.57. The average molecular weight is 318 g/mol. The highest BCUT2D eigenvalue weighted by Crippen LogP contribution is 2.46. The van der Waals surface area contributed by atoms with Crippen LogP contribution < -0.4 is 14.2 Å². The molecule has 122 valence electrons. The van der Waals surface area contributed by atoms with Crippen LogP contribution in [0, 0.1) is 0 Å². The van der Waals surface area contributed by atoms with Gasteiger partial charge in [-0.05, 0) is 24.1 Å². The summed E-state index contributed by atoms with van der Waals surface area (Å²) in [4.78, 5) is 0. The fourth-order valence-electron chi connectivity index (χ4n) is 2.86. The highest BCUT2D eigenvalue weighted by atomic mass is 16.5. The maximum atomic E-state index is 10.1. The molecule has 1 heterocycles. The van der Waals surface area contributed by atoms with Gasteiger partial charge in [0.05, 0.1) is 20.8 Å². The molecule has 6 heteroatoms. The van der Waals surface area contributed by atoms with Gasteiger partial charge in [-0.3, -0.25) is 0 Å². The van der Waals surface area contributed by atoms with Gasteiger partial charge in [0.2, 0.25) is 5.75 Å². The number of rotatable bonds is 3. The second kappa shape index (κ2) is 5.79. The lowest BCUT2D eigenvalue weighted by Gasteiger charge is -2.27. The Balaban J connectivity index is 1.97. The first kappa shape index (κ1) is 15.1. The topological polar surface area (TPSA) is 88.4 Å². The Morgan fingerprint density at radius 3 is 2.39 bits per heavy atom. The van der Waals surface area contributed by atoms with Crippen LogP contribution in [0.4, 0.5) is 0 Å². The summed E-state index contributed by atoms with van der Waals surface area (Å²) in [5, 5.41) is 29.5. The van der Waals surface area contributed by atoms with E-state index in [4.69, 9.17) is 14.2 Å². The van der Waals surface area contributed by atoms with E-state index >= 15 is 0 Å². The number of phenolic OH excluding ortho intramolecular Hbond substituents is 3. The molecule has 0 aliphatic carbocycles. The summed E-state index contributed by atoms with van der Waals surface area (Å²) >= 11 is 0. The van der Waals surface area contributed by atoms with Gasteiger partial charge in [-0.25, -0.2) is 0 Å². The molecule has 1 unspecified atom stereocenters. The molecule has 23 heavy (non-hydrogen) atoms. The Morgan fingerprint density at radius 1 is 1.00 bits per heavy atom. The molecule has 0 fully saturated rings. The van der Waals surface area contributed by atoms with Gasteiger partial charge in [-0.1, -0.05) is 6.07 Å². The number of methoxy groups -OCH3 is 2. The van der Waals surface area contributed by atoms with Crippen LogP contribution in [0.15, 0.2) is 24.3 Å². The molecule has 0 amide bonds. The number of fused-ring (bicyclic) bond motifs is 1. The van der Waals surface area contributed by atoms with E-state index in [1.54, 1.807) is 6.07 Å². The minimum Gasteiger partial charge on any atom is -0.504 e. The third-order valence-corrected chi connectivity index (χ3v) is 4.06. The van der Waals surface area contributed by atoms with Crippen LogP contribution in [0.1, 0.15) is 17.0 Å². The third-order valence-electron chi connectivity index (χ3n) is 4.06. The van der Waals surface area contributed by atoms with Crippen molar-refractivity contribution < 1.29 is 29.5 Å². The predicted molar refractivity (Wildman–Crippen MR) is 82.9 cm³/mol. The van der Waals surface area contributed by atoms with Gasteiger partial charge in [0.25, 0.3) is 0 Å². The molecule has 1 atom stereocenters. The van der Waals surface area contributed by atoms with E-state index in [-0.39, 0.29) is 23.2 Å². The zero-order chi connectivity index (χ0) is 16.6. The molecular formula is C17H18O6. The molecule has 3 N–H and O–H groups in total. The normalized spacial score (nSPS) is 16.3. The Bertz CT molecular complexity index is 740. The van der Waals surface area contributed by atoms with Gasteiger partial charge in [0, 0.05) is 17.5 Å². The molecule has 2 aromatic rings. The molecular weight excluding hydrogens is 300 g/mol. The van der Waals surface area contributed by atoms with Crippen LogP contribution in [0.2, 0.25) is 0 Å². The highest BCUT2D eigenvalue weighted by Gasteiger charge is 2.28. The third kappa shape index (κ3) is 2.56. The van der Waals surface area contributed by atoms with E-state index in [0.29, 0.717) is 30.3 Å². The highest BCUT2D eigenvalue weighted by molar-refractivity contribution is 5.57. The molecule has 0 saturated carbocycles. The van der Waals surface area contributed by atoms with E-state index in [1.165, 1.54) is 26.4 Å². The molecule has 2 aromatic carbocycles. The van der Waals surface area contributed by atoms with E-state index in [0.717, 1.165) is 11.1 Å². The van der Waals surface area contributed by atoms with Crippen molar-refractivity contribution in [3.8, 4) is 34.5 Å². The van der Waals surface area contributed by atoms with Gasteiger partial charge in [0.1, 0.15) is 5.75 Å². The largest absolute Gasteiger partial charge is 0.504 e. The molecule has 0 radical (unpaired) electrons. The fourth-order valence-corrected chi connectivity index (χ4v) is 2.86. The molecule has 1 aliphatic heterocycles. The van der Waals surface area contributed by atoms with Crippen molar-refractivity contribution in [1.29, 1.82) is 0 Å². The summed E-state index contributed by atoms with van der Waals surface area (Å²) in [5.41, 5.74) is 1.58. The van der Waals surface area contributed by atoms with Crippen LogP contribution >= 0.6 is 0 Å². The van der Waals surface area contributed by atoms with Crippen LogP contribution in [-0.2, 0) is 6.42 Å². The van der Waals surface area contributed by atoms with Gasteiger partial charge in [-0.15, -0.1) is 0 Å². The minimum atomic E-state index is -0.231. The van der Waals surface area contributed by atoms with E-state index in [9.17, 15) is 15.3 Å². The zero-order valence-electron chi connectivity index (χ0n) is 12.9. The molecule has 0 aromatic heterocycles. The van der Waals surface area contributed by atoms with Crippen LogP contribution in [0.3, 0.4) is 0 Å². The first-order chi connectivity index (χ1) is 11.0. The lowest BCUT2D eigenvalue weighted by molar-refractivity contribution is 0.242. The van der Waals surface area contributed by atoms with Crippen molar-refractivity contribution in [2.45, 2.75) is 12.3 Å². The molecule has 0 saturated heterocycles. The summed E-state index contributed by atoms with van der Waals surface area (Å²) in [7, 11) is 2.99. The number of benzene rings is 2. The summed E-state index contributed by atoms with van der Waals surface area (Å²) < 4.78 is 16.1. The van der Waals surface area contributed by atoms with Gasteiger partial charge < -0.3 is 29.5 Å². The van der Waals surface area contributed by atoms with E-state index in [2.05, 4.69) is 0 Å². The van der Waals surface area contributed by atoms with Gasteiger partial charge >= 0.3 is 0 Å². The molecule has 0 bridgehead atoms. The van der Waals surface area contributed by atoms with Gasteiger partial charge in [-0.2, -0.15) is 0 Å². The van der Waals surface area contributed by atoms with Crippen molar-refractivity contribution in [2.24, 2.45) is 0 Å². The van der Waals surface area contributed by atoms with E-state index in [1.807, 2.05) is 6.07 Å². The first-order valence-electron chi connectivity index (χ1n) is 7.16. The lowest BCUT2D eigenvalue weighted by atomic mass is 9.89. The van der Waals surface area contributed by atoms with Crippen molar-refractivity contribution >= 4 is 0 Å². The standard InChI is InChI=1S/C17H18O6/c1-21-14-4-3-9-5-10(8-23-17(9)16(14)20)11-6-12(18)13(19)7-15(11)22-2/h3-4,6-7,10,18-20H,5,8H2,1-2H3. The Kier molecular flexibility index (Phi) is 3.82. The molecule has 6 nitrogen and oxygen atoms in total. The van der Waals surface area contributed by atoms with Crippen molar-refractivity contribution in [2.75, 3.05) is 20.8 Å². The van der Waals surface area contributed by atoms with Crippen molar-refractivity contribution in [3.05, 3.63) is 35.4 Å². The number of hydrogen-bond acceptors (Lipinski definition) is 6. The van der Waals surface area contributed by atoms with Crippen molar-refractivity contribution in [3.63, 3.8) is 0 Å².